The van der Waals surface area contributed by atoms with Crippen LogP contribution in [0.4, 0.5) is 0 Å². The highest BCUT2D eigenvalue weighted by Crippen LogP contribution is 2.30. The predicted molar refractivity (Wildman–Crippen MR) is 93.9 cm³/mol. The van der Waals surface area contributed by atoms with E-state index < -0.39 is 0 Å². The van der Waals surface area contributed by atoms with Crippen molar-refractivity contribution in [2.24, 2.45) is 7.05 Å². The van der Waals surface area contributed by atoms with Crippen LogP contribution in [0, 0.1) is 0 Å². The number of nitrogens with zero attached hydrogens (tertiary/aromatic N) is 3. The third-order valence-corrected chi connectivity index (χ3v) is 4.87. The third kappa shape index (κ3) is 2.60. The minimum atomic E-state index is 0.0477. The summed E-state index contributed by atoms with van der Waals surface area (Å²) in [5, 5.41) is 5.37. The average Bonchev–Trinajstić information content (AvgIpc) is 3.16. The summed E-state index contributed by atoms with van der Waals surface area (Å²) in [6, 6.07) is 6.02. The maximum Gasteiger partial charge on any atom is 0.253 e. The minimum Gasteiger partial charge on any atom is -0.358 e. The number of fused-ring (bicyclic) bond motifs is 3. The van der Waals surface area contributed by atoms with E-state index in [4.69, 9.17) is 0 Å². The van der Waals surface area contributed by atoms with Crippen molar-refractivity contribution in [1.82, 2.24) is 19.7 Å². The summed E-state index contributed by atoms with van der Waals surface area (Å²) in [7, 11) is 3.72. The molecule has 1 aromatic carbocycles. The van der Waals surface area contributed by atoms with Crippen molar-refractivity contribution < 1.29 is 4.79 Å². The van der Waals surface area contributed by atoms with E-state index in [2.05, 4.69) is 16.1 Å². The molecule has 0 atom stereocenters. The maximum atomic E-state index is 12.8. The Bertz CT molecular complexity index is 905. The molecule has 24 heavy (non-hydrogen) atoms. The fourth-order valence-corrected chi connectivity index (χ4v) is 3.66. The first-order valence-electron chi connectivity index (χ1n) is 8.48. The van der Waals surface area contributed by atoms with Crippen molar-refractivity contribution >= 4 is 16.8 Å². The molecule has 0 saturated heterocycles. The van der Waals surface area contributed by atoms with E-state index >= 15 is 0 Å². The van der Waals surface area contributed by atoms with E-state index in [0.717, 1.165) is 29.5 Å². The fraction of sp³-hybridized carbons (Fsp3) is 0.368. The lowest BCUT2D eigenvalue weighted by atomic mass is 9.95. The SMILES string of the molecule is CN(Cc1cnn(C)c1)C(=O)c1ccc2[nH]c3c(c2c1)CCCC3. The number of hydrogen-bond donors (Lipinski definition) is 1. The maximum absolute atomic E-state index is 12.8. The normalized spacial score (nSPS) is 13.9. The van der Waals surface area contributed by atoms with E-state index in [1.54, 1.807) is 15.8 Å². The average molecular weight is 322 g/mol. The number of hydrogen-bond acceptors (Lipinski definition) is 2. The standard InChI is InChI=1S/C19H22N4O/c1-22(11-13-10-20-23(2)12-13)19(24)14-7-8-18-16(9-14)15-5-3-4-6-17(15)21-18/h7-10,12,21H,3-6,11H2,1-2H3. The van der Waals surface area contributed by atoms with Gasteiger partial charge in [-0.3, -0.25) is 9.48 Å². The third-order valence-electron chi connectivity index (χ3n) is 4.87. The summed E-state index contributed by atoms with van der Waals surface area (Å²) in [5.74, 6) is 0.0477. The van der Waals surface area contributed by atoms with E-state index in [-0.39, 0.29) is 5.91 Å². The molecule has 0 bridgehead atoms. The zero-order chi connectivity index (χ0) is 16.7. The molecule has 3 aromatic rings. The lowest BCUT2D eigenvalue weighted by Crippen LogP contribution is -2.26. The summed E-state index contributed by atoms with van der Waals surface area (Å²) in [4.78, 5) is 18.0. The Kier molecular flexibility index (Phi) is 3.63. The number of benzene rings is 1. The molecule has 0 unspecified atom stereocenters. The lowest BCUT2D eigenvalue weighted by molar-refractivity contribution is 0.0785. The van der Waals surface area contributed by atoms with Crippen LogP contribution in [0.2, 0.25) is 0 Å². The van der Waals surface area contributed by atoms with Crippen molar-refractivity contribution in [1.29, 1.82) is 0 Å². The van der Waals surface area contributed by atoms with Gasteiger partial charge in [0.2, 0.25) is 0 Å². The van der Waals surface area contributed by atoms with Crippen LogP contribution in [0.3, 0.4) is 0 Å². The Hall–Kier alpha value is -2.56. The Morgan fingerprint density at radius 1 is 1.33 bits per heavy atom. The number of rotatable bonds is 3. The zero-order valence-electron chi connectivity index (χ0n) is 14.2. The first-order chi connectivity index (χ1) is 11.6. The first-order valence-corrected chi connectivity index (χ1v) is 8.48. The fourth-order valence-electron chi connectivity index (χ4n) is 3.66. The van der Waals surface area contributed by atoms with Crippen LogP contribution in [-0.2, 0) is 26.4 Å². The molecule has 0 saturated carbocycles. The number of carbonyl (C=O) groups excluding carboxylic acids is 1. The zero-order valence-corrected chi connectivity index (χ0v) is 14.2. The van der Waals surface area contributed by atoms with Crippen LogP contribution >= 0.6 is 0 Å². The van der Waals surface area contributed by atoms with Gasteiger partial charge < -0.3 is 9.88 Å². The highest BCUT2D eigenvalue weighted by molar-refractivity contribution is 5.99. The highest BCUT2D eigenvalue weighted by Gasteiger charge is 2.18. The summed E-state index contributed by atoms with van der Waals surface area (Å²) >= 11 is 0. The molecule has 1 aliphatic rings. The van der Waals surface area contributed by atoms with E-state index in [1.807, 2.05) is 32.4 Å². The molecule has 0 aliphatic heterocycles. The number of aromatic amines is 1. The molecular weight excluding hydrogens is 300 g/mol. The molecule has 124 valence electrons. The van der Waals surface area contributed by atoms with Gasteiger partial charge in [-0.1, -0.05) is 0 Å². The molecule has 1 aliphatic carbocycles. The number of aryl methyl sites for hydroxylation is 3. The Morgan fingerprint density at radius 3 is 2.96 bits per heavy atom. The molecule has 2 heterocycles. The van der Waals surface area contributed by atoms with Crippen LogP contribution in [0.25, 0.3) is 10.9 Å². The van der Waals surface area contributed by atoms with Crippen LogP contribution < -0.4 is 0 Å². The molecule has 0 fully saturated rings. The van der Waals surface area contributed by atoms with E-state index in [0.29, 0.717) is 6.54 Å². The second kappa shape index (κ2) is 5.82. The number of carbonyl (C=O) groups is 1. The molecule has 0 radical (unpaired) electrons. The molecular formula is C19H22N4O. The number of aromatic nitrogens is 3. The van der Waals surface area contributed by atoms with E-state index in [1.165, 1.54) is 29.5 Å². The minimum absolute atomic E-state index is 0.0477. The second-order valence-corrected chi connectivity index (χ2v) is 6.73. The van der Waals surface area contributed by atoms with Crippen molar-refractivity contribution in [2.75, 3.05) is 7.05 Å². The molecule has 4 rings (SSSR count). The highest BCUT2D eigenvalue weighted by atomic mass is 16.2. The molecule has 0 spiro atoms. The summed E-state index contributed by atoms with van der Waals surface area (Å²) in [5.41, 5.74) is 5.69. The molecule has 2 aromatic heterocycles. The largest absolute Gasteiger partial charge is 0.358 e. The van der Waals surface area contributed by atoms with Gasteiger partial charge in [-0.25, -0.2) is 0 Å². The quantitative estimate of drug-likeness (QED) is 0.806. The van der Waals surface area contributed by atoms with Gasteiger partial charge >= 0.3 is 0 Å². The molecule has 5 heteroatoms. The van der Waals surface area contributed by atoms with Crippen molar-refractivity contribution in [2.45, 2.75) is 32.2 Å². The number of nitrogens with one attached hydrogen (secondary N) is 1. The van der Waals surface area contributed by atoms with Crippen LogP contribution in [0.1, 0.15) is 40.0 Å². The van der Waals surface area contributed by atoms with Gasteiger partial charge in [0.05, 0.1) is 6.20 Å². The van der Waals surface area contributed by atoms with Gasteiger partial charge in [0.1, 0.15) is 0 Å². The first kappa shape index (κ1) is 15.0. The van der Waals surface area contributed by atoms with Crippen molar-refractivity contribution in [3.63, 3.8) is 0 Å². The van der Waals surface area contributed by atoms with Crippen LogP contribution in [-0.4, -0.2) is 32.6 Å². The second-order valence-electron chi connectivity index (χ2n) is 6.73. The van der Waals surface area contributed by atoms with Gasteiger partial charge in [-0.2, -0.15) is 5.10 Å². The topological polar surface area (TPSA) is 53.9 Å². The Morgan fingerprint density at radius 2 is 2.17 bits per heavy atom. The van der Waals surface area contributed by atoms with Gasteiger partial charge in [0.25, 0.3) is 5.91 Å². The molecule has 1 amide bonds. The van der Waals surface area contributed by atoms with Crippen LogP contribution in [0.5, 0.6) is 0 Å². The van der Waals surface area contributed by atoms with Crippen LogP contribution in [0.15, 0.2) is 30.6 Å². The number of amides is 1. The summed E-state index contributed by atoms with van der Waals surface area (Å²) in [6.07, 6.45) is 8.45. The van der Waals surface area contributed by atoms with Crippen molar-refractivity contribution in [3.05, 3.63) is 53.0 Å². The Balaban J connectivity index is 1.61. The molecule has 5 nitrogen and oxygen atoms in total. The lowest BCUT2D eigenvalue weighted by Gasteiger charge is -2.16. The van der Waals surface area contributed by atoms with E-state index in [9.17, 15) is 4.79 Å². The summed E-state index contributed by atoms with van der Waals surface area (Å²) < 4.78 is 1.76. The smallest absolute Gasteiger partial charge is 0.253 e. The monoisotopic (exact) mass is 322 g/mol. The number of H-pyrrole nitrogens is 1. The Labute approximate surface area is 141 Å². The van der Waals surface area contributed by atoms with Gasteiger partial charge in [-0.05, 0) is 49.4 Å². The van der Waals surface area contributed by atoms with Crippen molar-refractivity contribution in [3.8, 4) is 0 Å². The van der Waals surface area contributed by atoms with Gasteiger partial charge in [-0.15, -0.1) is 0 Å². The summed E-state index contributed by atoms with van der Waals surface area (Å²) in [6.45, 7) is 0.565. The predicted octanol–water partition coefficient (Wildman–Crippen LogP) is 3.05. The van der Waals surface area contributed by atoms with Gasteiger partial charge in [0, 0.05) is 54.6 Å². The van der Waals surface area contributed by atoms with Gasteiger partial charge in [0.15, 0.2) is 0 Å². The molecule has 1 N–H and O–H groups in total.